The Hall–Kier alpha value is -2.47. The number of esters is 1. The Morgan fingerprint density at radius 2 is 1.96 bits per heavy atom. The van der Waals surface area contributed by atoms with Gasteiger partial charge in [0.2, 0.25) is 5.91 Å². The first-order chi connectivity index (χ1) is 12.5. The second-order valence-corrected chi connectivity index (χ2v) is 7.50. The molecule has 0 atom stereocenters. The summed E-state index contributed by atoms with van der Waals surface area (Å²) in [6, 6.07) is 8.68. The number of benzene rings is 1. The highest BCUT2D eigenvalue weighted by Crippen LogP contribution is 2.23. The van der Waals surface area contributed by atoms with Gasteiger partial charge >= 0.3 is 5.97 Å². The highest BCUT2D eigenvalue weighted by Gasteiger charge is 2.22. The molecule has 1 aromatic carbocycles. The average Bonchev–Trinajstić information content (AvgIpc) is 3.24. The number of carbonyl (C=O) groups is 3. The molecular weight excluding hydrogens is 350 g/mol. The van der Waals surface area contributed by atoms with Gasteiger partial charge in [-0.05, 0) is 55.7 Å². The first kappa shape index (κ1) is 18.3. The zero-order valence-corrected chi connectivity index (χ0v) is 15.7. The molecule has 136 valence electrons. The lowest BCUT2D eigenvalue weighted by Crippen LogP contribution is -2.23. The Kier molecular flexibility index (Phi) is 5.52. The lowest BCUT2D eigenvalue weighted by Gasteiger charge is -2.15. The molecule has 1 aliphatic heterocycles. The minimum Gasteiger partial charge on any atom is -0.453 e. The van der Waals surface area contributed by atoms with Crippen LogP contribution >= 0.6 is 11.3 Å². The Morgan fingerprint density at radius 1 is 1.23 bits per heavy atom. The van der Waals surface area contributed by atoms with Crippen LogP contribution in [0, 0.1) is 6.92 Å². The Labute approximate surface area is 156 Å². The highest BCUT2D eigenvalue weighted by atomic mass is 32.1. The minimum absolute atomic E-state index is 0.107. The summed E-state index contributed by atoms with van der Waals surface area (Å²) < 4.78 is 5.16. The standard InChI is InChI=1S/C20H21NO4S/c1-3-14-11-18(26-13(14)2)20(24)25-12-17(22)15-6-8-16(9-7-15)21-10-4-5-19(21)23/h6-9,11H,3-5,10,12H2,1-2H3. The summed E-state index contributed by atoms with van der Waals surface area (Å²) in [5.41, 5.74) is 2.38. The number of Topliss-reactive ketones (excluding diaryl/α,β-unsaturated/α-hetero) is 1. The van der Waals surface area contributed by atoms with Crippen LogP contribution in [0.5, 0.6) is 0 Å². The van der Waals surface area contributed by atoms with E-state index in [0.717, 1.165) is 29.0 Å². The summed E-state index contributed by atoms with van der Waals surface area (Å²) in [6.45, 7) is 4.42. The third-order valence-electron chi connectivity index (χ3n) is 4.51. The molecule has 5 nitrogen and oxygen atoms in total. The number of hydrogen-bond donors (Lipinski definition) is 0. The summed E-state index contributed by atoms with van der Waals surface area (Å²) in [4.78, 5) is 39.5. The van der Waals surface area contributed by atoms with Gasteiger partial charge in [0.15, 0.2) is 12.4 Å². The monoisotopic (exact) mass is 371 g/mol. The van der Waals surface area contributed by atoms with Crippen LogP contribution in [0.15, 0.2) is 30.3 Å². The van der Waals surface area contributed by atoms with Gasteiger partial charge in [0.1, 0.15) is 4.88 Å². The molecule has 2 aromatic rings. The van der Waals surface area contributed by atoms with E-state index in [9.17, 15) is 14.4 Å². The number of nitrogens with zero attached hydrogens (tertiary/aromatic N) is 1. The van der Waals surface area contributed by atoms with Crippen LogP contribution in [0.3, 0.4) is 0 Å². The van der Waals surface area contributed by atoms with Gasteiger partial charge < -0.3 is 9.64 Å². The van der Waals surface area contributed by atoms with Crippen molar-refractivity contribution in [2.45, 2.75) is 33.1 Å². The quantitative estimate of drug-likeness (QED) is 0.572. The number of hydrogen-bond acceptors (Lipinski definition) is 5. The van der Waals surface area contributed by atoms with Gasteiger partial charge in [0, 0.05) is 29.1 Å². The van der Waals surface area contributed by atoms with Gasteiger partial charge in [-0.15, -0.1) is 11.3 Å². The summed E-state index contributed by atoms with van der Waals surface area (Å²) in [7, 11) is 0. The van der Waals surface area contributed by atoms with Crippen molar-refractivity contribution in [3.8, 4) is 0 Å². The number of rotatable bonds is 6. The molecule has 0 saturated carbocycles. The maximum absolute atomic E-state index is 12.3. The van der Waals surface area contributed by atoms with E-state index in [0.29, 0.717) is 23.4 Å². The van der Waals surface area contributed by atoms with Crippen molar-refractivity contribution >= 4 is 34.7 Å². The number of thiophene rings is 1. The molecule has 0 spiro atoms. The second-order valence-electron chi connectivity index (χ2n) is 6.24. The summed E-state index contributed by atoms with van der Waals surface area (Å²) in [5, 5.41) is 0. The van der Waals surface area contributed by atoms with E-state index in [-0.39, 0.29) is 18.3 Å². The van der Waals surface area contributed by atoms with Crippen molar-refractivity contribution in [3.05, 3.63) is 51.2 Å². The zero-order chi connectivity index (χ0) is 18.7. The van der Waals surface area contributed by atoms with Gasteiger partial charge in [-0.1, -0.05) is 6.92 Å². The predicted octanol–water partition coefficient (Wildman–Crippen LogP) is 3.79. The van der Waals surface area contributed by atoms with E-state index >= 15 is 0 Å². The molecule has 0 unspecified atom stereocenters. The smallest absolute Gasteiger partial charge is 0.348 e. The van der Waals surface area contributed by atoms with E-state index in [2.05, 4.69) is 0 Å². The van der Waals surface area contributed by atoms with Crippen LogP contribution < -0.4 is 4.90 Å². The Bertz CT molecular complexity index is 838. The summed E-state index contributed by atoms with van der Waals surface area (Å²) in [5.74, 6) is -0.622. The molecule has 1 aromatic heterocycles. The Morgan fingerprint density at radius 3 is 2.54 bits per heavy atom. The molecule has 1 saturated heterocycles. The van der Waals surface area contributed by atoms with Gasteiger partial charge in [0.25, 0.3) is 0 Å². The van der Waals surface area contributed by atoms with Crippen LogP contribution in [0.4, 0.5) is 5.69 Å². The topological polar surface area (TPSA) is 63.7 Å². The molecule has 1 aliphatic rings. The van der Waals surface area contributed by atoms with Crippen molar-refractivity contribution < 1.29 is 19.1 Å². The average molecular weight is 371 g/mol. The number of carbonyl (C=O) groups excluding carboxylic acids is 3. The molecule has 6 heteroatoms. The first-order valence-corrected chi connectivity index (χ1v) is 9.51. The number of ether oxygens (including phenoxy) is 1. The summed E-state index contributed by atoms with van der Waals surface area (Å²) >= 11 is 1.39. The van der Waals surface area contributed by atoms with Gasteiger partial charge in [-0.2, -0.15) is 0 Å². The molecule has 0 aliphatic carbocycles. The number of ketones is 1. The Balaban J connectivity index is 1.59. The van der Waals surface area contributed by atoms with E-state index in [1.54, 1.807) is 29.2 Å². The molecule has 1 amide bonds. The van der Waals surface area contributed by atoms with E-state index < -0.39 is 5.97 Å². The zero-order valence-electron chi connectivity index (χ0n) is 14.9. The van der Waals surface area contributed by atoms with E-state index in [1.807, 2.05) is 19.9 Å². The van der Waals surface area contributed by atoms with Gasteiger partial charge in [-0.3, -0.25) is 9.59 Å². The molecule has 0 bridgehead atoms. The van der Waals surface area contributed by atoms with Crippen molar-refractivity contribution in [2.75, 3.05) is 18.1 Å². The van der Waals surface area contributed by atoms with Crippen LogP contribution in [0.2, 0.25) is 0 Å². The fourth-order valence-electron chi connectivity index (χ4n) is 3.01. The summed E-state index contributed by atoms with van der Waals surface area (Å²) in [6.07, 6.45) is 2.29. The van der Waals surface area contributed by atoms with Crippen LogP contribution in [0.25, 0.3) is 0 Å². The molecule has 1 fully saturated rings. The van der Waals surface area contributed by atoms with Crippen molar-refractivity contribution in [1.29, 1.82) is 0 Å². The van der Waals surface area contributed by atoms with Crippen LogP contribution in [0.1, 0.15) is 50.2 Å². The molecule has 2 heterocycles. The molecular formula is C20H21NO4S. The van der Waals surface area contributed by atoms with E-state index in [1.165, 1.54) is 11.3 Å². The maximum Gasteiger partial charge on any atom is 0.348 e. The van der Waals surface area contributed by atoms with Crippen molar-refractivity contribution in [2.24, 2.45) is 0 Å². The predicted molar refractivity (Wildman–Crippen MR) is 101 cm³/mol. The fraction of sp³-hybridized carbons (Fsp3) is 0.350. The molecule has 0 radical (unpaired) electrons. The maximum atomic E-state index is 12.3. The van der Waals surface area contributed by atoms with Gasteiger partial charge in [-0.25, -0.2) is 4.79 Å². The van der Waals surface area contributed by atoms with Crippen molar-refractivity contribution in [1.82, 2.24) is 0 Å². The lowest BCUT2D eigenvalue weighted by atomic mass is 10.1. The number of anilines is 1. The van der Waals surface area contributed by atoms with Gasteiger partial charge in [0.05, 0.1) is 0 Å². The second kappa shape index (κ2) is 7.83. The fourth-order valence-corrected chi connectivity index (χ4v) is 4.01. The first-order valence-electron chi connectivity index (χ1n) is 8.69. The minimum atomic E-state index is -0.467. The van der Waals surface area contributed by atoms with Crippen molar-refractivity contribution in [3.63, 3.8) is 0 Å². The van der Waals surface area contributed by atoms with Crippen LogP contribution in [-0.2, 0) is 16.0 Å². The SMILES string of the molecule is CCc1cc(C(=O)OCC(=O)c2ccc(N3CCCC3=O)cc2)sc1C. The van der Waals surface area contributed by atoms with Crippen LogP contribution in [-0.4, -0.2) is 30.8 Å². The molecule has 0 N–H and O–H groups in total. The third kappa shape index (κ3) is 3.85. The lowest BCUT2D eigenvalue weighted by molar-refractivity contribution is -0.117. The normalized spacial score (nSPS) is 13.9. The highest BCUT2D eigenvalue weighted by molar-refractivity contribution is 7.14. The number of amides is 1. The largest absolute Gasteiger partial charge is 0.453 e. The van der Waals surface area contributed by atoms with E-state index in [4.69, 9.17) is 4.74 Å². The molecule has 3 rings (SSSR count). The molecule has 26 heavy (non-hydrogen) atoms. The number of aryl methyl sites for hydroxylation is 2. The third-order valence-corrected chi connectivity index (χ3v) is 5.58.